The highest BCUT2D eigenvalue weighted by Crippen LogP contribution is 2.23. The first-order valence-corrected chi connectivity index (χ1v) is 7.05. The first-order chi connectivity index (χ1) is 11.0. The molecule has 0 unspecified atom stereocenters. The van der Waals surface area contributed by atoms with Crippen LogP contribution >= 0.6 is 0 Å². The van der Waals surface area contributed by atoms with Crippen LogP contribution in [0, 0.1) is 10.1 Å². The Bertz CT molecular complexity index is 684. The minimum atomic E-state index is -0.542. The van der Waals surface area contributed by atoms with Gasteiger partial charge in [-0.2, -0.15) is 5.10 Å². The molecule has 0 radical (unpaired) electrons. The van der Waals surface area contributed by atoms with Gasteiger partial charge in [0.15, 0.2) is 0 Å². The molecular formula is C14H18N6O3. The lowest BCUT2D eigenvalue weighted by molar-refractivity contribution is -0.384. The third-order valence-electron chi connectivity index (χ3n) is 3.17. The first kappa shape index (κ1) is 16.6. The van der Waals surface area contributed by atoms with Crippen LogP contribution in [0.5, 0.6) is 0 Å². The van der Waals surface area contributed by atoms with E-state index in [1.165, 1.54) is 35.5 Å². The zero-order valence-corrected chi connectivity index (χ0v) is 13.0. The average Bonchev–Trinajstić information content (AvgIpc) is 3.04. The highest BCUT2D eigenvalue weighted by Gasteiger charge is 2.19. The first-order valence-electron chi connectivity index (χ1n) is 7.05. The third-order valence-corrected chi connectivity index (χ3v) is 3.17. The molecule has 2 rings (SSSR count). The Labute approximate surface area is 133 Å². The zero-order chi connectivity index (χ0) is 16.8. The van der Waals surface area contributed by atoms with Crippen molar-refractivity contribution in [2.75, 3.05) is 27.2 Å². The number of carbonyl (C=O) groups excluding carboxylic acids is 1. The summed E-state index contributed by atoms with van der Waals surface area (Å²) in [6.07, 6.45) is 3.45. The Morgan fingerprint density at radius 3 is 2.83 bits per heavy atom. The second kappa shape index (κ2) is 7.45. The van der Waals surface area contributed by atoms with E-state index in [1.54, 1.807) is 0 Å². The molecular weight excluding hydrogens is 300 g/mol. The van der Waals surface area contributed by atoms with Crippen molar-refractivity contribution in [2.24, 2.45) is 0 Å². The number of nitrogens with one attached hydrogen (secondary N) is 1. The summed E-state index contributed by atoms with van der Waals surface area (Å²) in [6, 6.07) is 4.27. The fraction of sp³-hybridized carbons (Fsp3) is 0.357. The maximum absolute atomic E-state index is 12.1. The number of rotatable bonds is 7. The number of nitro benzene ring substituents is 1. The second-order valence-electron chi connectivity index (χ2n) is 5.21. The molecule has 9 heteroatoms. The van der Waals surface area contributed by atoms with Crippen molar-refractivity contribution < 1.29 is 9.72 Å². The van der Waals surface area contributed by atoms with Crippen LogP contribution in [0.25, 0.3) is 5.69 Å². The highest BCUT2D eigenvalue weighted by atomic mass is 16.6. The third kappa shape index (κ3) is 4.33. The predicted octanol–water partition coefficient (Wildman–Crippen LogP) is 0.857. The van der Waals surface area contributed by atoms with Crippen LogP contribution in [-0.2, 0) is 0 Å². The fourth-order valence-corrected chi connectivity index (χ4v) is 2.04. The van der Waals surface area contributed by atoms with Crippen LogP contribution in [-0.4, -0.2) is 57.7 Å². The number of hydrogen-bond acceptors (Lipinski definition) is 6. The van der Waals surface area contributed by atoms with Gasteiger partial charge in [-0.3, -0.25) is 14.9 Å². The summed E-state index contributed by atoms with van der Waals surface area (Å²) in [5.74, 6) is -0.336. The molecule has 122 valence electrons. The van der Waals surface area contributed by atoms with Crippen molar-refractivity contribution in [3.05, 3.63) is 46.5 Å². The van der Waals surface area contributed by atoms with E-state index in [2.05, 4.69) is 15.4 Å². The van der Waals surface area contributed by atoms with Crippen molar-refractivity contribution >= 4 is 11.6 Å². The Balaban J connectivity index is 2.13. The van der Waals surface area contributed by atoms with Crippen molar-refractivity contribution in [3.8, 4) is 5.69 Å². The number of nitro groups is 1. The SMILES string of the molecule is CN(C)CCCNC(=O)c1ccc(-n2cncn2)c([N+](=O)[O-])c1. The smallest absolute Gasteiger partial charge is 0.295 e. The number of hydrogen-bond donors (Lipinski definition) is 1. The quantitative estimate of drug-likeness (QED) is 0.461. The molecule has 0 atom stereocenters. The molecule has 1 heterocycles. The van der Waals surface area contributed by atoms with E-state index < -0.39 is 4.92 Å². The van der Waals surface area contributed by atoms with E-state index in [-0.39, 0.29) is 22.8 Å². The molecule has 9 nitrogen and oxygen atoms in total. The Hall–Kier alpha value is -2.81. The molecule has 0 saturated carbocycles. The van der Waals surface area contributed by atoms with Gasteiger partial charge in [0.25, 0.3) is 11.6 Å². The second-order valence-corrected chi connectivity index (χ2v) is 5.21. The molecule has 0 fully saturated rings. The molecule has 0 bridgehead atoms. The lowest BCUT2D eigenvalue weighted by atomic mass is 10.1. The molecule has 0 aliphatic rings. The molecule has 1 aromatic heterocycles. The molecule has 1 N–H and O–H groups in total. The maximum Gasteiger partial charge on any atom is 0.295 e. The predicted molar refractivity (Wildman–Crippen MR) is 83.5 cm³/mol. The van der Waals surface area contributed by atoms with Crippen molar-refractivity contribution in [1.82, 2.24) is 25.0 Å². The van der Waals surface area contributed by atoms with Crippen molar-refractivity contribution in [2.45, 2.75) is 6.42 Å². The van der Waals surface area contributed by atoms with Gasteiger partial charge in [-0.1, -0.05) is 0 Å². The number of aromatic nitrogens is 3. The van der Waals surface area contributed by atoms with Gasteiger partial charge in [-0.15, -0.1) is 0 Å². The van der Waals surface area contributed by atoms with E-state index in [0.29, 0.717) is 6.54 Å². The molecule has 1 aromatic carbocycles. The molecule has 1 amide bonds. The number of nitrogens with zero attached hydrogens (tertiary/aromatic N) is 5. The zero-order valence-electron chi connectivity index (χ0n) is 13.0. The summed E-state index contributed by atoms with van der Waals surface area (Å²) in [5, 5.41) is 17.9. The molecule has 0 spiro atoms. The molecule has 0 saturated heterocycles. The van der Waals surface area contributed by atoms with E-state index in [9.17, 15) is 14.9 Å². The Kier molecular flexibility index (Phi) is 5.36. The summed E-state index contributed by atoms with van der Waals surface area (Å²) in [4.78, 5) is 28.6. The lowest BCUT2D eigenvalue weighted by Gasteiger charge is -2.10. The van der Waals surface area contributed by atoms with Gasteiger partial charge in [-0.25, -0.2) is 9.67 Å². The van der Waals surface area contributed by atoms with E-state index >= 15 is 0 Å². The van der Waals surface area contributed by atoms with Crippen LogP contribution in [0.3, 0.4) is 0 Å². The minimum absolute atomic E-state index is 0.198. The van der Waals surface area contributed by atoms with Crippen LogP contribution in [0.15, 0.2) is 30.9 Å². The maximum atomic E-state index is 12.1. The minimum Gasteiger partial charge on any atom is -0.352 e. The van der Waals surface area contributed by atoms with Crippen molar-refractivity contribution in [3.63, 3.8) is 0 Å². The van der Waals surface area contributed by atoms with Gasteiger partial charge in [0.05, 0.1) is 4.92 Å². The lowest BCUT2D eigenvalue weighted by Crippen LogP contribution is -2.27. The average molecular weight is 318 g/mol. The van der Waals surface area contributed by atoms with Gasteiger partial charge in [0, 0.05) is 18.2 Å². The van der Waals surface area contributed by atoms with E-state index in [0.717, 1.165) is 13.0 Å². The Morgan fingerprint density at radius 2 is 2.22 bits per heavy atom. The molecule has 2 aromatic rings. The van der Waals surface area contributed by atoms with Gasteiger partial charge >= 0.3 is 0 Å². The van der Waals surface area contributed by atoms with Crippen LogP contribution < -0.4 is 5.32 Å². The largest absolute Gasteiger partial charge is 0.352 e. The van der Waals surface area contributed by atoms with Crippen molar-refractivity contribution in [1.29, 1.82) is 0 Å². The molecule has 0 aliphatic carbocycles. The van der Waals surface area contributed by atoms with Gasteiger partial charge < -0.3 is 10.2 Å². The Morgan fingerprint density at radius 1 is 1.43 bits per heavy atom. The monoisotopic (exact) mass is 318 g/mol. The fourth-order valence-electron chi connectivity index (χ4n) is 2.04. The number of amides is 1. The standard InChI is InChI=1S/C14H18N6O3/c1-18(2)7-3-6-16-14(21)11-4-5-12(13(8-11)20(22)23)19-10-15-9-17-19/h4-5,8-10H,3,6-7H2,1-2H3,(H,16,21). The number of benzene rings is 1. The van der Waals surface area contributed by atoms with Crippen LogP contribution in [0.4, 0.5) is 5.69 Å². The summed E-state index contributed by atoms with van der Waals surface area (Å²) in [7, 11) is 3.90. The van der Waals surface area contributed by atoms with Gasteiger partial charge in [0.2, 0.25) is 0 Å². The van der Waals surface area contributed by atoms with Gasteiger partial charge in [0.1, 0.15) is 18.3 Å². The van der Waals surface area contributed by atoms with Crippen LogP contribution in [0.1, 0.15) is 16.8 Å². The van der Waals surface area contributed by atoms with Crippen LogP contribution in [0.2, 0.25) is 0 Å². The molecule has 23 heavy (non-hydrogen) atoms. The highest BCUT2D eigenvalue weighted by molar-refractivity contribution is 5.95. The van der Waals surface area contributed by atoms with E-state index in [1.807, 2.05) is 19.0 Å². The summed E-state index contributed by atoms with van der Waals surface area (Å²) in [6.45, 7) is 1.36. The van der Waals surface area contributed by atoms with Gasteiger partial charge in [-0.05, 0) is 39.2 Å². The summed E-state index contributed by atoms with van der Waals surface area (Å²) < 4.78 is 1.29. The summed E-state index contributed by atoms with van der Waals surface area (Å²) in [5.41, 5.74) is 0.304. The summed E-state index contributed by atoms with van der Waals surface area (Å²) >= 11 is 0. The molecule has 0 aliphatic heterocycles. The normalized spacial score (nSPS) is 10.7. The van der Waals surface area contributed by atoms with E-state index in [4.69, 9.17) is 0 Å². The topological polar surface area (TPSA) is 106 Å². The number of carbonyl (C=O) groups is 1.